The van der Waals surface area contributed by atoms with E-state index in [1.807, 2.05) is 6.07 Å². The average molecular weight is 439 g/mol. The van der Waals surface area contributed by atoms with Crippen LogP contribution in [0.3, 0.4) is 0 Å². The summed E-state index contributed by atoms with van der Waals surface area (Å²) in [5.41, 5.74) is -0.0601. The van der Waals surface area contributed by atoms with Crippen LogP contribution in [-0.4, -0.2) is 43.6 Å². The number of H-pyrrole nitrogens is 1. The van der Waals surface area contributed by atoms with Crippen molar-refractivity contribution >= 4 is 11.1 Å². The molecule has 5 rings (SSSR count). The fourth-order valence-electron chi connectivity index (χ4n) is 3.80. The molecule has 0 aliphatic carbocycles. The van der Waals surface area contributed by atoms with E-state index in [2.05, 4.69) is 9.97 Å². The van der Waals surface area contributed by atoms with E-state index in [0.29, 0.717) is 16.7 Å². The van der Waals surface area contributed by atoms with E-state index in [0.717, 1.165) is 4.57 Å². The summed E-state index contributed by atoms with van der Waals surface area (Å²) in [7, 11) is 0. The molecule has 3 heterocycles. The molecule has 0 saturated carbocycles. The van der Waals surface area contributed by atoms with E-state index >= 15 is 4.39 Å². The topological polar surface area (TPSA) is 131 Å². The van der Waals surface area contributed by atoms with Crippen molar-refractivity contribution in [1.82, 2.24) is 14.5 Å². The number of oxazole rings is 1. The lowest BCUT2D eigenvalue weighted by atomic mass is 10.1. The van der Waals surface area contributed by atoms with Crippen molar-refractivity contribution in [2.24, 2.45) is 0 Å². The Balaban J connectivity index is 1.53. The Morgan fingerprint density at radius 3 is 2.72 bits per heavy atom. The standard InChI is InChI=1S/C22H18FN3O6/c23-14-7-11(21-24-15-3-1-2-4-17(15)32-21)5-6-12(14)13-9-26(22(30)25-20(13)29)19-8-16(28)18(10-27)31-19/h1-7,9,16,18-19,27-28H,8,10H2,(H,25,29,30)/t16-,18+,19+/m0/s1. The molecule has 1 aliphatic rings. The van der Waals surface area contributed by atoms with Crippen LogP contribution in [0.2, 0.25) is 0 Å². The van der Waals surface area contributed by atoms with Crippen LogP contribution in [0.15, 0.2) is 62.7 Å². The van der Waals surface area contributed by atoms with E-state index in [-0.39, 0.29) is 23.4 Å². The van der Waals surface area contributed by atoms with Gasteiger partial charge in [0.15, 0.2) is 5.58 Å². The third-order valence-electron chi connectivity index (χ3n) is 5.46. The highest BCUT2D eigenvalue weighted by molar-refractivity contribution is 5.76. The van der Waals surface area contributed by atoms with Gasteiger partial charge in [0.1, 0.15) is 23.7 Å². The van der Waals surface area contributed by atoms with Crippen LogP contribution in [0.25, 0.3) is 33.7 Å². The fourth-order valence-corrected chi connectivity index (χ4v) is 3.80. The number of aromatic nitrogens is 3. The average Bonchev–Trinajstić information content (AvgIpc) is 3.37. The predicted molar refractivity (Wildman–Crippen MR) is 111 cm³/mol. The summed E-state index contributed by atoms with van der Waals surface area (Å²) in [6.45, 7) is -0.422. The Morgan fingerprint density at radius 1 is 1.19 bits per heavy atom. The molecule has 9 nitrogen and oxygen atoms in total. The number of hydrogen-bond acceptors (Lipinski definition) is 7. The number of ether oxygens (including phenoxy) is 1. The summed E-state index contributed by atoms with van der Waals surface area (Å²) in [5, 5.41) is 19.2. The van der Waals surface area contributed by atoms with Gasteiger partial charge in [-0.15, -0.1) is 0 Å². The summed E-state index contributed by atoms with van der Waals surface area (Å²) in [6, 6.07) is 11.3. The molecule has 164 valence electrons. The van der Waals surface area contributed by atoms with Gasteiger partial charge in [0.25, 0.3) is 5.56 Å². The normalized spacial score (nSPS) is 20.8. The number of aromatic amines is 1. The van der Waals surface area contributed by atoms with Gasteiger partial charge in [0, 0.05) is 23.7 Å². The second kappa shape index (κ2) is 7.83. The number of halogens is 1. The zero-order chi connectivity index (χ0) is 22.4. The third-order valence-corrected chi connectivity index (χ3v) is 5.46. The molecule has 1 fully saturated rings. The first-order chi connectivity index (χ1) is 15.4. The number of rotatable bonds is 4. The Kier molecular flexibility index (Phi) is 4.97. The lowest BCUT2D eigenvalue weighted by Gasteiger charge is -2.15. The minimum Gasteiger partial charge on any atom is -0.436 e. The summed E-state index contributed by atoms with van der Waals surface area (Å²) in [6.07, 6.45) is -1.51. The SMILES string of the molecule is O=c1[nH]c(=O)n([C@H]2C[C@H](O)[C@@H](CO)O2)cc1-c1ccc(-c2nc3ccccc3o2)cc1F. The Morgan fingerprint density at radius 2 is 2.00 bits per heavy atom. The molecule has 1 aliphatic heterocycles. The van der Waals surface area contributed by atoms with Gasteiger partial charge >= 0.3 is 5.69 Å². The quantitative estimate of drug-likeness (QED) is 0.442. The molecule has 0 amide bonds. The van der Waals surface area contributed by atoms with Gasteiger partial charge in [-0.1, -0.05) is 18.2 Å². The van der Waals surface area contributed by atoms with Crippen LogP contribution in [0, 0.1) is 5.82 Å². The molecule has 4 aromatic rings. The zero-order valence-electron chi connectivity index (χ0n) is 16.6. The number of hydrogen-bond donors (Lipinski definition) is 3. The molecular formula is C22H18FN3O6. The van der Waals surface area contributed by atoms with Gasteiger partial charge in [-0.25, -0.2) is 14.2 Å². The molecule has 0 radical (unpaired) electrons. The molecular weight excluding hydrogens is 421 g/mol. The van der Waals surface area contributed by atoms with Crippen molar-refractivity contribution in [3.05, 3.63) is 75.3 Å². The number of aliphatic hydroxyl groups is 2. The summed E-state index contributed by atoms with van der Waals surface area (Å²) in [5.74, 6) is -0.472. The van der Waals surface area contributed by atoms with Gasteiger partial charge in [0.2, 0.25) is 5.89 Å². The second-order valence-electron chi connectivity index (χ2n) is 7.51. The van der Waals surface area contributed by atoms with E-state index in [9.17, 15) is 19.8 Å². The molecule has 0 bridgehead atoms. The number of nitrogens with one attached hydrogen (secondary N) is 1. The summed E-state index contributed by atoms with van der Waals surface area (Å²) >= 11 is 0. The van der Waals surface area contributed by atoms with Crippen molar-refractivity contribution in [2.75, 3.05) is 6.61 Å². The first kappa shape index (κ1) is 20.3. The first-order valence-corrected chi connectivity index (χ1v) is 9.90. The van der Waals surface area contributed by atoms with Crippen molar-refractivity contribution in [3.63, 3.8) is 0 Å². The highest BCUT2D eigenvalue weighted by Crippen LogP contribution is 2.30. The lowest BCUT2D eigenvalue weighted by molar-refractivity contribution is -0.0458. The van der Waals surface area contributed by atoms with Gasteiger partial charge in [-0.2, -0.15) is 0 Å². The van der Waals surface area contributed by atoms with Crippen molar-refractivity contribution in [3.8, 4) is 22.6 Å². The molecule has 3 N–H and O–H groups in total. The maximum atomic E-state index is 15.0. The van der Waals surface area contributed by atoms with E-state index in [1.54, 1.807) is 24.3 Å². The molecule has 3 atom stereocenters. The number of para-hydroxylation sites is 2. The number of fused-ring (bicyclic) bond motifs is 1. The maximum absolute atomic E-state index is 15.0. The second-order valence-corrected chi connectivity index (χ2v) is 7.51. The lowest BCUT2D eigenvalue weighted by Crippen LogP contribution is -2.33. The third kappa shape index (κ3) is 3.44. The highest BCUT2D eigenvalue weighted by atomic mass is 19.1. The molecule has 2 aromatic heterocycles. The molecule has 0 unspecified atom stereocenters. The first-order valence-electron chi connectivity index (χ1n) is 9.90. The van der Waals surface area contributed by atoms with Crippen LogP contribution in [0.4, 0.5) is 4.39 Å². The fraction of sp³-hybridized carbons (Fsp3) is 0.227. The largest absolute Gasteiger partial charge is 0.436 e. The maximum Gasteiger partial charge on any atom is 0.330 e. The van der Waals surface area contributed by atoms with E-state index in [4.69, 9.17) is 9.15 Å². The Hall–Kier alpha value is -3.60. The van der Waals surface area contributed by atoms with Gasteiger partial charge in [0.05, 0.1) is 18.3 Å². The summed E-state index contributed by atoms with van der Waals surface area (Å²) < 4.78 is 27.2. The Labute approximate surface area is 179 Å². The van der Waals surface area contributed by atoms with Crippen molar-refractivity contribution in [1.29, 1.82) is 0 Å². The minimum absolute atomic E-state index is 0.0304. The smallest absolute Gasteiger partial charge is 0.330 e. The van der Waals surface area contributed by atoms with Crippen LogP contribution in [-0.2, 0) is 4.74 Å². The van der Waals surface area contributed by atoms with Crippen molar-refractivity contribution in [2.45, 2.75) is 24.9 Å². The zero-order valence-corrected chi connectivity index (χ0v) is 16.6. The predicted octanol–water partition coefficient (Wildman–Crippen LogP) is 1.79. The highest BCUT2D eigenvalue weighted by Gasteiger charge is 2.35. The van der Waals surface area contributed by atoms with Crippen LogP contribution >= 0.6 is 0 Å². The van der Waals surface area contributed by atoms with Crippen LogP contribution in [0.5, 0.6) is 0 Å². The molecule has 2 aromatic carbocycles. The van der Waals surface area contributed by atoms with Gasteiger partial charge in [-0.05, 0) is 24.3 Å². The molecule has 1 saturated heterocycles. The monoisotopic (exact) mass is 439 g/mol. The Bertz CT molecular complexity index is 1390. The van der Waals surface area contributed by atoms with E-state index in [1.165, 1.54) is 18.3 Å². The number of aliphatic hydroxyl groups excluding tert-OH is 2. The van der Waals surface area contributed by atoms with Crippen molar-refractivity contribution < 1.29 is 23.8 Å². The van der Waals surface area contributed by atoms with Crippen LogP contribution < -0.4 is 11.2 Å². The van der Waals surface area contributed by atoms with Gasteiger partial charge in [-0.3, -0.25) is 14.3 Å². The number of nitrogens with zero attached hydrogens (tertiary/aromatic N) is 2. The van der Waals surface area contributed by atoms with Gasteiger partial charge < -0.3 is 19.4 Å². The molecule has 0 spiro atoms. The minimum atomic E-state index is -0.973. The van der Waals surface area contributed by atoms with E-state index < -0.39 is 42.1 Å². The summed E-state index contributed by atoms with van der Waals surface area (Å²) in [4.78, 5) is 31.2. The number of benzene rings is 2. The molecule has 10 heteroatoms. The van der Waals surface area contributed by atoms with Crippen LogP contribution in [0.1, 0.15) is 12.6 Å². The molecule has 32 heavy (non-hydrogen) atoms.